The van der Waals surface area contributed by atoms with Gasteiger partial charge in [0, 0.05) is 13.5 Å². The summed E-state index contributed by atoms with van der Waals surface area (Å²) in [5, 5.41) is 0. The highest BCUT2D eigenvalue weighted by Gasteiger charge is 1.99. The lowest BCUT2D eigenvalue weighted by atomic mass is 10.2. The molecule has 0 N–H and O–H groups in total. The predicted molar refractivity (Wildman–Crippen MR) is 57.6 cm³/mol. The van der Waals surface area contributed by atoms with E-state index in [4.69, 9.17) is 9.47 Å². The van der Waals surface area contributed by atoms with E-state index in [2.05, 4.69) is 0 Å². The Morgan fingerprint density at radius 1 is 1.29 bits per heavy atom. The van der Waals surface area contributed by atoms with E-state index in [1.54, 1.807) is 13.4 Å². The van der Waals surface area contributed by atoms with E-state index in [0.29, 0.717) is 0 Å². The second-order valence-electron chi connectivity index (χ2n) is 2.92. The Morgan fingerprint density at radius 2 is 2.00 bits per heavy atom. The Bertz CT molecular complexity index is 263. The normalized spacial score (nSPS) is 13.0. The molecule has 1 atom stereocenters. The molecule has 0 aliphatic heterocycles. The third-order valence-corrected chi connectivity index (χ3v) is 1.89. The molecule has 0 amide bonds. The quantitative estimate of drug-likeness (QED) is 0.527. The molecule has 0 heterocycles. The summed E-state index contributed by atoms with van der Waals surface area (Å²) in [5.41, 5.74) is 1.12. The number of methoxy groups -OCH3 is 1. The van der Waals surface area contributed by atoms with Crippen molar-refractivity contribution in [2.45, 2.75) is 19.6 Å². The van der Waals surface area contributed by atoms with Crippen molar-refractivity contribution >= 4 is 6.08 Å². The summed E-state index contributed by atoms with van der Waals surface area (Å²) in [7, 11) is 1.64. The van der Waals surface area contributed by atoms with Crippen LogP contribution < -0.4 is 0 Å². The predicted octanol–water partition coefficient (Wildman–Crippen LogP) is 3.06. The van der Waals surface area contributed by atoms with Gasteiger partial charge in [-0.05, 0) is 11.6 Å². The Balaban J connectivity index is 2.41. The summed E-state index contributed by atoms with van der Waals surface area (Å²) in [6, 6.07) is 10.0. The minimum Gasteiger partial charge on any atom is -0.473 e. The molecular formula is C12H16O2. The van der Waals surface area contributed by atoms with Gasteiger partial charge in [0.05, 0.1) is 6.26 Å². The van der Waals surface area contributed by atoms with E-state index >= 15 is 0 Å². The van der Waals surface area contributed by atoms with Gasteiger partial charge in [-0.2, -0.15) is 0 Å². The molecule has 0 radical (unpaired) electrons. The summed E-state index contributed by atoms with van der Waals surface area (Å²) in [6.07, 6.45) is 4.29. The molecule has 1 aromatic rings. The zero-order valence-corrected chi connectivity index (χ0v) is 8.64. The minimum atomic E-state index is -0.144. The van der Waals surface area contributed by atoms with Crippen LogP contribution in [-0.4, -0.2) is 13.4 Å². The van der Waals surface area contributed by atoms with E-state index in [1.165, 1.54) is 0 Å². The van der Waals surface area contributed by atoms with Crippen molar-refractivity contribution in [3.05, 3.63) is 42.2 Å². The van der Waals surface area contributed by atoms with Crippen LogP contribution in [0.5, 0.6) is 0 Å². The fraction of sp³-hybridized carbons (Fsp3) is 0.333. The lowest BCUT2D eigenvalue weighted by Crippen LogP contribution is -2.09. The van der Waals surface area contributed by atoms with Gasteiger partial charge in [-0.1, -0.05) is 37.3 Å². The summed E-state index contributed by atoms with van der Waals surface area (Å²) in [5.74, 6) is 0. The Labute approximate surface area is 85.2 Å². The first-order chi connectivity index (χ1) is 6.86. The Kier molecular flexibility index (Phi) is 4.79. The van der Waals surface area contributed by atoms with Crippen molar-refractivity contribution in [3.63, 3.8) is 0 Å². The SMILES string of the molecule is CCC(OC)OC=Cc1ccccc1. The van der Waals surface area contributed by atoms with Gasteiger partial charge in [-0.15, -0.1) is 0 Å². The highest BCUT2D eigenvalue weighted by molar-refractivity contribution is 5.47. The molecule has 0 saturated carbocycles. The second kappa shape index (κ2) is 6.22. The maximum atomic E-state index is 5.34. The average Bonchev–Trinajstić information content (AvgIpc) is 2.26. The van der Waals surface area contributed by atoms with E-state index in [-0.39, 0.29) is 6.29 Å². The summed E-state index contributed by atoms with van der Waals surface area (Å²) in [6.45, 7) is 2.02. The van der Waals surface area contributed by atoms with Gasteiger partial charge in [0.2, 0.25) is 0 Å². The second-order valence-corrected chi connectivity index (χ2v) is 2.92. The topological polar surface area (TPSA) is 18.5 Å². The lowest BCUT2D eigenvalue weighted by Gasteiger charge is -2.11. The van der Waals surface area contributed by atoms with Gasteiger partial charge in [-0.3, -0.25) is 0 Å². The molecule has 76 valence electrons. The van der Waals surface area contributed by atoms with Gasteiger partial charge in [0.1, 0.15) is 0 Å². The molecule has 0 aliphatic carbocycles. The molecule has 0 saturated heterocycles. The van der Waals surface area contributed by atoms with E-state index in [1.807, 2.05) is 43.3 Å². The maximum absolute atomic E-state index is 5.34. The van der Waals surface area contributed by atoms with Crippen molar-refractivity contribution < 1.29 is 9.47 Å². The number of ether oxygens (including phenoxy) is 2. The Morgan fingerprint density at radius 3 is 2.57 bits per heavy atom. The molecule has 14 heavy (non-hydrogen) atoms. The number of hydrogen-bond acceptors (Lipinski definition) is 2. The number of rotatable bonds is 5. The van der Waals surface area contributed by atoms with Crippen molar-refractivity contribution in [3.8, 4) is 0 Å². The van der Waals surface area contributed by atoms with Crippen molar-refractivity contribution in [2.75, 3.05) is 7.11 Å². The summed E-state index contributed by atoms with van der Waals surface area (Å²) in [4.78, 5) is 0. The van der Waals surface area contributed by atoms with Crippen LogP contribution in [-0.2, 0) is 9.47 Å². The molecule has 1 rings (SSSR count). The number of hydrogen-bond donors (Lipinski definition) is 0. The first-order valence-electron chi connectivity index (χ1n) is 4.76. The smallest absolute Gasteiger partial charge is 0.198 e. The highest BCUT2D eigenvalue weighted by atomic mass is 16.7. The van der Waals surface area contributed by atoms with Crippen LogP contribution in [0.2, 0.25) is 0 Å². The van der Waals surface area contributed by atoms with Crippen LogP contribution in [0.15, 0.2) is 36.6 Å². The molecule has 0 aliphatic rings. The standard InChI is InChI=1S/C12H16O2/c1-3-12(13-2)14-10-9-11-7-5-4-6-8-11/h4-10,12H,3H2,1-2H3. The third-order valence-electron chi connectivity index (χ3n) is 1.89. The summed E-state index contributed by atoms with van der Waals surface area (Å²) < 4.78 is 10.4. The first kappa shape index (κ1) is 10.8. The molecule has 0 aromatic heterocycles. The lowest BCUT2D eigenvalue weighted by molar-refractivity contribution is -0.0828. The molecule has 1 aromatic carbocycles. The molecule has 0 fully saturated rings. The first-order valence-corrected chi connectivity index (χ1v) is 4.76. The highest BCUT2D eigenvalue weighted by Crippen LogP contribution is 2.04. The van der Waals surface area contributed by atoms with Crippen LogP contribution in [0, 0.1) is 0 Å². The van der Waals surface area contributed by atoms with Crippen molar-refractivity contribution in [1.29, 1.82) is 0 Å². The van der Waals surface area contributed by atoms with Crippen LogP contribution in [0.4, 0.5) is 0 Å². The molecule has 2 nitrogen and oxygen atoms in total. The van der Waals surface area contributed by atoms with Crippen LogP contribution in [0.3, 0.4) is 0 Å². The van der Waals surface area contributed by atoms with Gasteiger partial charge in [0.15, 0.2) is 6.29 Å². The Hall–Kier alpha value is -1.28. The summed E-state index contributed by atoms with van der Waals surface area (Å²) >= 11 is 0. The zero-order chi connectivity index (χ0) is 10.2. The largest absolute Gasteiger partial charge is 0.473 e. The van der Waals surface area contributed by atoms with E-state index < -0.39 is 0 Å². The molecular weight excluding hydrogens is 176 g/mol. The van der Waals surface area contributed by atoms with Crippen LogP contribution in [0.25, 0.3) is 6.08 Å². The molecule has 1 unspecified atom stereocenters. The van der Waals surface area contributed by atoms with Crippen LogP contribution >= 0.6 is 0 Å². The van der Waals surface area contributed by atoms with Crippen LogP contribution in [0.1, 0.15) is 18.9 Å². The minimum absolute atomic E-state index is 0.144. The fourth-order valence-corrected chi connectivity index (χ4v) is 1.09. The third kappa shape index (κ3) is 3.62. The average molecular weight is 192 g/mol. The van der Waals surface area contributed by atoms with Crippen molar-refractivity contribution in [1.82, 2.24) is 0 Å². The zero-order valence-electron chi connectivity index (χ0n) is 8.64. The molecule has 0 bridgehead atoms. The van der Waals surface area contributed by atoms with Gasteiger partial charge < -0.3 is 9.47 Å². The van der Waals surface area contributed by atoms with Gasteiger partial charge >= 0.3 is 0 Å². The fourth-order valence-electron chi connectivity index (χ4n) is 1.09. The van der Waals surface area contributed by atoms with Gasteiger partial charge in [-0.25, -0.2) is 0 Å². The van der Waals surface area contributed by atoms with E-state index in [9.17, 15) is 0 Å². The number of benzene rings is 1. The van der Waals surface area contributed by atoms with Gasteiger partial charge in [0.25, 0.3) is 0 Å². The molecule has 2 heteroatoms. The monoisotopic (exact) mass is 192 g/mol. The van der Waals surface area contributed by atoms with Crippen molar-refractivity contribution in [2.24, 2.45) is 0 Å². The maximum Gasteiger partial charge on any atom is 0.198 e. The molecule has 0 spiro atoms. The van der Waals surface area contributed by atoms with E-state index in [0.717, 1.165) is 12.0 Å².